The van der Waals surface area contributed by atoms with Gasteiger partial charge in [-0.25, -0.2) is 4.98 Å². The fourth-order valence-corrected chi connectivity index (χ4v) is 2.60. The van der Waals surface area contributed by atoms with E-state index in [-0.39, 0.29) is 16.6 Å². The van der Waals surface area contributed by atoms with E-state index in [4.69, 9.17) is 23.2 Å². The molecule has 0 aromatic carbocycles. The zero-order valence-electron chi connectivity index (χ0n) is 8.67. The van der Waals surface area contributed by atoms with Gasteiger partial charge >= 0.3 is 0 Å². The zero-order valence-corrected chi connectivity index (χ0v) is 10.2. The Balaban J connectivity index is 2.14. The summed E-state index contributed by atoms with van der Waals surface area (Å²) in [6.45, 7) is 0. The van der Waals surface area contributed by atoms with Crippen LogP contribution in [0.2, 0.25) is 5.02 Å². The van der Waals surface area contributed by atoms with Crippen molar-refractivity contribution in [2.75, 3.05) is 11.2 Å². The number of hydrogen-bond acceptors (Lipinski definition) is 3. The smallest absolute Gasteiger partial charge is 0.271 e. The van der Waals surface area contributed by atoms with E-state index in [2.05, 4.69) is 15.3 Å². The first-order valence-corrected chi connectivity index (χ1v) is 6.19. The predicted octanol–water partition coefficient (Wildman–Crippen LogP) is 2.24. The zero-order chi connectivity index (χ0) is 11.5. The molecule has 0 bridgehead atoms. The Morgan fingerprint density at radius 3 is 3.12 bits per heavy atom. The van der Waals surface area contributed by atoms with Gasteiger partial charge in [0.2, 0.25) is 0 Å². The van der Waals surface area contributed by atoms with Crippen LogP contribution in [0.5, 0.6) is 0 Å². The fraction of sp³-hybridized carbons (Fsp3) is 0.600. The van der Waals surface area contributed by atoms with Crippen molar-refractivity contribution >= 4 is 29.0 Å². The van der Waals surface area contributed by atoms with Gasteiger partial charge in [0, 0.05) is 11.9 Å². The lowest BCUT2D eigenvalue weighted by Gasteiger charge is -2.19. The Kier molecular flexibility index (Phi) is 3.71. The van der Waals surface area contributed by atoms with Gasteiger partial charge in [-0.1, -0.05) is 18.0 Å². The van der Waals surface area contributed by atoms with Crippen LogP contribution >= 0.6 is 23.2 Å². The Morgan fingerprint density at radius 1 is 1.56 bits per heavy atom. The molecule has 6 heteroatoms. The van der Waals surface area contributed by atoms with Crippen molar-refractivity contribution in [3.63, 3.8) is 0 Å². The van der Waals surface area contributed by atoms with Crippen molar-refractivity contribution in [2.24, 2.45) is 5.92 Å². The predicted molar refractivity (Wildman–Crippen MR) is 65.3 cm³/mol. The van der Waals surface area contributed by atoms with Crippen LogP contribution in [0.3, 0.4) is 0 Å². The first kappa shape index (κ1) is 11.7. The number of aromatic amines is 1. The van der Waals surface area contributed by atoms with Crippen LogP contribution < -0.4 is 10.9 Å². The van der Waals surface area contributed by atoms with Gasteiger partial charge in [0.1, 0.15) is 5.02 Å². The summed E-state index contributed by atoms with van der Waals surface area (Å²) in [5.41, 5.74) is -0.320. The highest BCUT2D eigenvalue weighted by molar-refractivity contribution is 6.32. The minimum Gasteiger partial charge on any atom is -0.366 e. The SMILES string of the molecule is O=c1[nH]cnc(NC2CCCC2CCl)c1Cl. The summed E-state index contributed by atoms with van der Waals surface area (Å²) < 4.78 is 0. The van der Waals surface area contributed by atoms with Gasteiger partial charge in [0.15, 0.2) is 5.82 Å². The third-order valence-electron chi connectivity index (χ3n) is 2.98. The van der Waals surface area contributed by atoms with Gasteiger partial charge in [-0.3, -0.25) is 4.79 Å². The number of hydrogen-bond donors (Lipinski definition) is 2. The van der Waals surface area contributed by atoms with E-state index < -0.39 is 0 Å². The van der Waals surface area contributed by atoms with Crippen LogP contribution in [0.25, 0.3) is 0 Å². The van der Waals surface area contributed by atoms with Crippen molar-refractivity contribution in [2.45, 2.75) is 25.3 Å². The maximum atomic E-state index is 11.3. The van der Waals surface area contributed by atoms with Gasteiger partial charge in [0.05, 0.1) is 6.33 Å². The second kappa shape index (κ2) is 5.06. The number of H-pyrrole nitrogens is 1. The molecule has 1 aromatic heterocycles. The van der Waals surface area contributed by atoms with Crippen LogP contribution in [-0.4, -0.2) is 21.9 Å². The monoisotopic (exact) mass is 261 g/mol. The standard InChI is InChI=1S/C10H13Cl2N3O/c11-4-6-2-1-3-7(6)15-9-8(12)10(16)14-5-13-9/h5-7H,1-4H2,(H2,13,14,15,16). The summed E-state index contributed by atoms with van der Waals surface area (Å²) in [6.07, 6.45) is 4.65. The molecule has 0 aliphatic heterocycles. The molecule has 2 atom stereocenters. The molecule has 4 nitrogen and oxygen atoms in total. The Hall–Kier alpha value is -0.740. The molecule has 1 aliphatic carbocycles. The van der Waals surface area contributed by atoms with Gasteiger partial charge in [-0.05, 0) is 18.8 Å². The van der Waals surface area contributed by atoms with E-state index in [9.17, 15) is 4.79 Å². The summed E-state index contributed by atoms with van der Waals surface area (Å²) in [4.78, 5) is 17.7. The average Bonchev–Trinajstić information content (AvgIpc) is 2.72. The Morgan fingerprint density at radius 2 is 2.38 bits per heavy atom. The largest absolute Gasteiger partial charge is 0.366 e. The molecule has 0 amide bonds. The van der Waals surface area contributed by atoms with Gasteiger partial charge < -0.3 is 10.3 Å². The van der Waals surface area contributed by atoms with E-state index >= 15 is 0 Å². The summed E-state index contributed by atoms with van der Waals surface area (Å²) in [5.74, 6) is 1.50. The highest BCUT2D eigenvalue weighted by Crippen LogP contribution is 2.29. The van der Waals surface area contributed by atoms with Gasteiger partial charge in [0.25, 0.3) is 5.56 Å². The number of halogens is 2. The van der Waals surface area contributed by atoms with Crippen LogP contribution in [0.4, 0.5) is 5.82 Å². The topological polar surface area (TPSA) is 57.8 Å². The second-order valence-electron chi connectivity index (χ2n) is 3.99. The molecule has 1 aromatic rings. The van der Waals surface area contributed by atoms with Crippen molar-refractivity contribution in [3.05, 3.63) is 21.7 Å². The fourth-order valence-electron chi connectivity index (χ4n) is 2.07. The van der Waals surface area contributed by atoms with E-state index in [1.807, 2.05) is 0 Å². The molecule has 0 radical (unpaired) electrons. The highest BCUT2D eigenvalue weighted by Gasteiger charge is 2.27. The molecule has 88 valence electrons. The Bertz CT molecular complexity index is 421. The van der Waals surface area contributed by atoms with Crippen LogP contribution in [0, 0.1) is 5.92 Å². The molecular weight excluding hydrogens is 249 g/mol. The van der Waals surface area contributed by atoms with Gasteiger partial charge in [-0.15, -0.1) is 11.6 Å². The molecule has 0 saturated heterocycles. The molecule has 1 aliphatic rings. The molecule has 2 N–H and O–H groups in total. The summed E-state index contributed by atoms with van der Waals surface area (Å²) in [7, 11) is 0. The summed E-state index contributed by atoms with van der Waals surface area (Å²) in [6, 6.07) is 0.268. The van der Waals surface area contributed by atoms with Crippen LogP contribution in [0.15, 0.2) is 11.1 Å². The van der Waals surface area contributed by atoms with E-state index in [1.165, 1.54) is 6.33 Å². The number of aromatic nitrogens is 2. The Labute approximate surface area is 103 Å². The maximum Gasteiger partial charge on any atom is 0.271 e. The minimum absolute atomic E-state index is 0.114. The summed E-state index contributed by atoms with van der Waals surface area (Å²) in [5, 5.41) is 3.32. The van der Waals surface area contributed by atoms with Crippen molar-refractivity contribution in [1.82, 2.24) is 9.97 Å². The van der Waals surface area contributed by atoms with E-state index in [1.54, 1.807) is 0 Å². The van der Waals surface area contributed by atoms with Crippen molar-refractivity contribution in [3.8, 4) is 0 Å². The molecule has 16 heavy (non-hydrogen) atoms. The summed E-state index contributed by atoms with van der Waals surface area (Å²) >= 11 is 11.7. The third kappa shape index (κ3) is 2.33. The quantitative estimate of drug-likeness (QED) is 0.821. The maximum absolute atomic E-state index is 11.3. The molecule has 1 fully saturated rings. The minimum atomic E-state index is -0.320. The number of rotatable bonds is 3. The second-order valence-corrected chi connectivity index (χ2v) is 4.68. The molecule has 2 rings (SSSR count). The molecule has 0 spiro atoms. The van der Waals surface area contributed by atoms with Crippen molar-refractivity contribution < 1.29 is 0 Å². The number of anilines is 1. The average molecular weight is 262 g/mol. The van der Waals surface area contributed by atoms with Crippen molar-refractivity contribution in [1.29, 1.82) is 0 Å². The lowest BCUT2D eigenvalue weighted by Crippen LogP contribution is -2.26. The first-order chi connectivity index (χ1) is 7.72. The van der Waals surface area contributed by atoms with Crippen LogP contribution in [-0.2, 0) is 0 Å². The third-order valence-corrected chi connectivity index (χ3v) is 3.72. The van der Waals surface area contributed by atoms with Gasteiger partial charge in [-0.2, -0.15) is 0 Å². The normalized spacial score (nSPS) is 24.6. The number of nitrogens with zero attached hydrogens (tertiary/aromatic N) is 1. The molecule has 1 heterocycles. The number of alkyl halides is 1. The number of nitrogens with one attached hydrogen (secondary N) is 2. The highest BCUT2D eigenvalue weighted by atomic mass is 35.5. The van der Waals surface area contributed by atoms with E-state index in [0.717, 1.165) is 19.3 Å². The lowest BCUT2D eigenvalue weighted by atomic mass is 10.1. The molecule has 2 unspecified atom stereocenters. The lowest BCUT2D eigenvalue weighted by molar-refractivity contribution is 0.561. The molecular formula is C10H13Cl2N3O. The molecule has 1 saturated carbocycles. The van der Waals surface area contributed by atoms with E-state index in [0.29, 0.717) is 17.6 Å². The first-order valence-electron chi connectivity index (χ1n) is 5.28. The van der Waals surface area contributed by atoms with Crippen LogP contribution in [0.1, 0.15) is 19.3 Å².